The molecule has 1 unspecified atom stereocenters. The molecule has 1 amide bonds. The highest BCUT2D eigenvalue weighted by Gasteiger charge is 2.17. The van der Waals surface area contributed by atoms with Crippen LogP contribution in [-0.2, 0) is 4.79 Å². The fourth-order valence-corrected chi connectivity index (χ4v) is 3.32. The molecule has 1 saturated heterocycles. The van der Waals surface area contributed by atoms with E-state index in [0.717, 1.165) is 29.3 Å². The summed E-state index contributed by atoms with van der Waals surface area (Å²) in [5.74, 6) is 2.13. The quantitative estimate of drug-likeness (QED) is 0.833. The highest BCUT2D eigenvalue weighted by molar-refractivity contribution is 7.99. The van der Waals surface area contributed by atoms with Crippen molar-refractivity contribution >= 4 is 65.3 Å². The fourth-order valence-electron chi connectivity index (χ4n) is 2.37. The number of nitrogens with one attached hydrogen (secondary N) is 2. The lowest BCUT2D eigenvalue weighted by atomic mass is 10.2. The second-order valence-electron chi connectivity index (χ2n) is 5.55. The standard InChI is InChI=1S/C15H20N4O2S.2ClH/c1-19(2)15-18-12-7-10(3-4-13(12)21-15)17-14(20)8-11-9-22-6-5-16-11;;/h3-4,7,11,16H,5-6,8-9H2,1-2H3,(H,17,20);2*1H. The zero-order chi connectivity index (χ0) is 15.5. The van der Waals surface area contributed by atoms with Gasteiger partial charge < -0.3 is 20.0 Å². The van der Waals surface area contributed by atoms with Gasteiger partial charge in [-0.15, -0.1) is 24.8 Å². The molecule has 1 atom stereocenters. The minimum absolute atomic E-state index is 0. The number of fused-ring (bicyclic) bond motifs is 1. The minimum Gasteiger partial charge on any atom is -0.423 e. The predicted octanol–water partition coefficient (Wildman–Crippen LogP) is 2.77. The lowest BCUT2D eigenvalue weighted by Crippen LogP contribution is -2.39. The van der Waals surface area contributed by atoms with Crippen LogP contribution in [0.15, 0.2) is 22.6 Å². The second kappa shape index (κ2) is 9.36. The molecule has 2 aromatic rings. The van der Waals surface area contributed by atoms with E-state index in [4.69, 9.17) is 4.42 Å². The summed E-state index contributed by atoms with van der Waals surface area (Å²) in [4.78, 5) is 18.3. The Kier molecular flexibility index (Phi) is 8.15. The van der Waals surface area contributed by atoms with Crippen LogP contribution in [-0.4, -0.2) is 49.1 Å². The molecule has 9 heteroatoms. The van der Waals surface area contributed by atoms with Gasteiger partial charge in [0.15, 0.2) is 5.58 Å². The molecule has 2 N–H and O–H groups in total. The van der Waals surface area contributed by atoms with Crippen LogP contribution in [0.25, 0.3) is 11.1 Å². The van der Waals surface area contributed by atoms with Gasteiger partial charge in [-0.1, -0.05) is 0 Å². The molecule has 1 aromatic carbocycles. The van der Waals surface area contributed by atoms with Crippen molar-refractivity contribution in [1.82, 2.24) is 10.3 Å². The van der Waals surface area contributed by atoms with Gasteiger partial charge in [-0.3, -0.25) is 4.79 Å². The molecule has 0 spiro atoms. The Morgan fingerprint density at radius 3 is 2.92 bits per heavy atom. The molecular weight excluding hydrogens is 371 g/mol. The summed E-state index contributed by atoms with van der Waals surface area (Å²) in [6.07, 6.45) is 0.493. The van der Waals surface area contributed by atoms with Crippen LogP contribution in [0.1, 0.15) is 6.42 Å². The van der Waals surface area contributed by atoms with Gasteiger partial charge in [0.1, 0.15) is 5.52 Å². The first-order valence-corrected chi connectivity index (χ1v) is 8.46. The summed E-state index contributed by atoms with van der Waals surface area (Å²) >= 11 is 1.89. The summed E-state index contributed by atoms with van der Waals surface area (Å²) < 4.78 is 5.60. The Labute approximate surface area is 157 Å². The van der Waals surface area contributed by atoms with Gasteiger partial charge in [0, 0.05) is 50.3 Å². The SMILES string of the molecule is CN(C)c1nc2cc(NC(=O)CC3CSCCN3)ccc2o1.Cl.Cl. The first-order chi connectivity index (χ1) is 10.6. The van der Waals surface area contributed by atoms with Crippen LogP contribution in [0.3, 0.4) is 0 Å². The lowest BCUT2D eigenvalue weighted by Gasteiger charge is -2.22. The van der Waals surface area contributed by atoms with E-state index in [-0.39, 0.29) is 36.8 Å². The average molecular weight is 393 g/mol. The number of amides is 1. The number of benzene rings is 1. The van der Waals surface area contributed by atoms with Crippen molar-refractivity contribution in [3.8, 4) is 0 Å². The molecule has 0 aliphatic carbocycles. The summed E-state index contributed by atoms with van der Waals surface area (Å²) in [6, 6.07) is 6.33. The Balaban J connectivity index is 0.00000144. The van der Waals surface area contributed by atoms with E-state index in [1.165, 1.54) is 0 Å². The number of rotatable bonds is 4. The summed E-state index contributed by atoms with van der Waals surface area (Å²) in [5.41, 5.74) is 2.21. The Bertz CT molecular complexity index is 675. The molecule has 1 aliphatic heterocycles. The van der Waals surface area contributed by atoms with Crippen LogP contribution < -0.4 is 15.5 Å². The fraction of sp³-hybridized carbons (Fsp3) is 0.467. The number of thioether (sulfide) groups is 1. The molecule has 0 radical (unpaired) electrons. The summed E-state index contributed by atoms with van der Waals surface area (Å²) in [6.45, 7) is 0.973. The summed E-state index contributed by atoms with van der Waals surface area (Å²) in [5, 5.41) is 6.30. The van der Waals surface area contributed by atoms with Gasteiger partial charge in [-0.2, -0.15) is 16.7 Å². The third-order valence-electron chi connectivity index (χ3n) is 3.47. The van der Waals surface area contributed by atoms with E-state index in [2.05, 4.69) is 15.6 Å². The van der Waals surface area contributed by atoms with Gasteiger partial charge in [0.2, 0.25) is 5.91 Å². The molecule has 1 fully saturated rings. The van der Waals surface area contributed by atoms with Gasteiger partial charge in [0.05, 0.1) is 0 Å². The van der Waals surface area contributed by atoms with Crippen molar-refractivity contribution in [3.05, 3.63) is 18.2 Å². The number of carbonyl (C=O) groups is 1. The molecule has 134 valence electrons. The number of aromatic nitrogens is 1. The molecular formula is C15H22Cl2N4O2S. The number of oxazole rings is 1. The zero-order valence-corrected chi connectivity index (χ0v) is 16.0. The number of anilines is 2. The zero-order valence-electron chi connectivity index (χ0n) is 13.6. The van der Waals surface area contributed by atoms with E-state index < -0.39 is 0 Å². The summed E-state index contributed by atoms with van der Waals surface area (Å²) in [7, 11) is 3.76. The van der Waals surface area contributed by atoms with Crippen molar-refractivity contribution in [3.63, 3.8) is 0 Å². The van der Waals surface area contributed by atoms with Crippen LogP contribution in [0, 0.1) is 0 Å². The number of carbonyl (C=O) groups excluding carboxylic acids is 1. The van der Waals surface area contributed by atoms with Crippen molar-refractivity contribution in [1.29, 1.82) is 0 Å². The van der Waals surface area contributed by atoms with Gasteiger partial charge in [-0.05, 0) is 18.2 Å². The van der Waals surface area contributed by atoms with Crippen molar-refractivity contribution in [2.45, 2.75) is 12.5 Å². The smallest absolute Gasteiger partial charge is 0.297 e. The van der Waals surface area contributed by atoms with Crippen LogP contribution in [0.2, 0.25) is 0 Å². The Hall–Kier alpha value is -1.15. The van der Waals surface area contributed by atoms with E-state index in [0.29, 0.717) is 18.0 Å². The van der Waals surface area contributed by atoms with Crippen molar-refractivity contribution < 1.29 is 9.21 Å². The maximum Gasteiger partial charge on any atom is 0.297 e. The van der Waals surface area contributed by atoms with Crippen molar-refractivity contribution in [2.75, 3.05) is 42.4 Å². The maximum absolute atomic E-state index is 12.1. The Morgan fingerprint density at radius 2 is 2.25 bits per heavy atom. The minimum atomic E-state index is 0. The van der Waals surface area contributed by atoms with Gasteiger partial charge in [-0.25, -0.2) is 0 Å². The number of hydrogen-bond donors (Lipinski definition) is 2. The number of hydrogen-bond acceptors (Lipinski definition) is 6. The molecule has 1 aromatic heterocycles. The predicted molar refractivity (Wildman–Crippen MR) is 105 cm³/mol. The average Bonchev–Trinajstić information content (AvgIpc) is 2.91. The van der Waals surface area contributed by atoms with E-state index in [1.807, 2.05) is 49.0 Å². The van der Waals surface area contributed by atoms with Crippen LogP contribution in [0.4, 0.5) is 11.7 Å². The first kappa shape index (κ1) is 20.9. The number of halogens is 2. The molecule has 1 aliphatic rings. The van der Waals surface area contributed by atoms with E-state index in [9.17, 15) is 4.79 Å². The topological polar surface area (TPSA) is 70.4 Å². The third kappa shape index (κ3) is 5.17. The van der Waals surface area contributed by atoms with E-state index >= 15 is 0 Å². The van der Waals surface area contributed by atoms with Crippen molar-refractivity contribution in [2.24, 2.45) is 0 Å². The normalized spacial score (nSPS) is 16.8. The molecule has 6 nitrogen and oxygen atoms in total. The molecule has 0 saturated carbocycles. The largest absolute Gasteiger partial charge is 0.423 e. The van der Waals surface area contributed by atoms with Gasteiger partial charge in [0.25, 0.3) is 6.01 Å². The van der Waals surface area contributed by atoms with Gasteiger partial charge >= 0.3 is 0 Å². The van der Waals surface area contributed by atoms with Crippen LogP contribution >= 0.6 is 36.6 Å². The van der Waals surface area contributed by atoms with E-state index in [1.54, 1.807) is 0 Å². The Morgan fingerprint density at radius 1 is 1.46 bits per heavy atom. The molecule has 3 rings (SSSR count). The second-order valence-corrected chi connectivity index (χ2v) is 6.70. The number of nitrogens with zero attached hydrogens (tertiary/aromatic N) is 2. The first-order valence-electron chi connectivity index (χ1n) is 7.31. The highest BCUT2D eigenvalue weighted by Crippen LogP contribution is 2.23. The highest BCUT2D eigenvalue weighted by atomic mass is 35.5. The lowest BCUT2D eigenvalue weighted by molar-refractivity contribution is -0.116. The molecule has 2 heterocycles. The molecule has 0 bridgehead atoms. The monoisotopic (exact) mass is 392 g/mol. The molecule has 24 heavy (non-hydrogen) atoms. The van der Waals surface area contributed by atoms with Crippen LogP contribution in [0.5, 0.6) is 0 Å². The third-order valence-corrected chi connectivity index (χ3v) is 4.60. The maximum atomic E-state index is 12.1.